The van der Waals surface area contributed by atoms with E-state index in [9.17, 15) is 10.1 Å². The number of anilines is 1. The summed E-state index contributed by atoms with van der Waals surface area (Å²) in [7, 11) is 0. The third-order valence-electron chi connectivity index (χ3n) is 3.72. The first-order valence-corrected chi connectivity index (χ1v) is 6.07. The summed E-state index contributed by atoms with van der Waals surface area (Å²) in [5.74, 6) is 0. The van der Waals surface area contributed by atoms with Gasteiger partial charge in [-0.15, -0.1) is 0 Å². The van der Waals surface area contributed by atoms with Gasteiger partial charge in [-0.05, 0) is 31.7 Å². The number of nitro groups is 1. The molecule has 0 aliphatic heterocycles. The molecule has 1 aliphatic carbocycles. The fraction of sp³-hybridized carbons (Fsp3) is 0.462. The van der Waals surface area contributed by atoms with Gasteiger partial charge in [-0.3, -0.25) is 10.1 Å². The van der Waals surface area contributed by atoms with Crippen molar-refractivity contribution in [2.24, 2.45) is 0 Å². The zero-order valence-corrected chi connectivity index (χ0v) is 10.3. The van der Waals surface area contributed by atoms with Gasteiger partial charge in [-0.25, -0.2) is 0 Å². The molecule has 5 nitrogen and oxygen atoms in total. The largest absolute Gasteiger partial charge is 0.379 e. The van der Waals surface area contributed by atoms with Crippen molar-refractivity contribution in [1.82, 2.24) is 0 Å². The van der Waals surface area contributed by atoms with Crippen LogP contribution in [0.15, 0.2) is 18.2 Å². The Morgan fingerprint density at radius 1 is 1.56 bits per heavy atom. The number of benzene rings is 1. The zero-order chi connectivity index (χ0) is 13.2. The SMILES string of the molecule is CCC1(Nc2ccc([N+](=O)[O-])cc2C#N)CCC1. The summed E-state index contributed by atoms with van der Waals surface area (Å²) in [5, 5.41) is 23.1. The van der Waals surface area contributed by atoms with Crippen LogP contribution < -0.4 is 5.32 Å². The third-order valence-corrected chi connectivity index (χ3v) is 3.72. The number of hydrogen-bond acceptors (Lipinski definition) is 4. The Morgan fingerprint density at radius 3 is 2.72 bits per heavy atom. The minimum absolute atomic E-state index is 0.0451. The quantitative estimate of drug-likeness (QED) is 0.652. The van der Waals surface area contributed by atoms with Crippen LogP contribution in [-0.2, 0) is 0 Å². The molecule has 0 aromatic heterocycles. The highest BCUT2D eigenvalue weighted by molar-refractivity contribution is 5.62. The predicted octanol–water partition coefficient (Wildman–Crippen LogP) is 3.21. The minimum Gasteiger partial charge on any atom is -0.379 e. The Bertz CT molecular complexity index is 510. The highest BCUT2D eigenvalue weighted by atomic mass is 16.6. The maximum Gasteiger partial charge on any atom is 0.270 e. The topological polar surface area (TPSA) is 79.0 Å². The highest BCUT2D eigenvalue weighted by Crippen LogP contribution is 2.39. The molecule has 0 radical (unpaired) electrons. The standard InChI is InChI=1S/C13H15N3O2/c1-2-13(6-3-7-13)15-12-5-4-11(16(17)18)8-10(12)9-14/h4-5,8,15H,2-3,6-7H2,1H3. The van der Waals surface area contributed by atoms with Gasteiger partial charge in [-0.1, -0.05) is 6.92 Å². The Balaban J connectivity index is 2.28. The molecule has 0 unspecified atom stereocenters. The summed E-state index contributed by atoms with van der Waals surface area (Å²) < 4.78 is 0. The van der Waals surface area contributed by atoms with Crippen LogP contribution in [0.3, 0.4) is 0 Å². The Labute approximate surface area is 106 Å². The van der Waals surface area contributed by atoms with E-state index in [2.05, 4.69) is 12.2 Å². The summed E-state index contributed by atoms with van der Waals surface area (Å²) in [5.41, 5.74) is 1.06. The lowest BCUT2D eigenvalue weighted by Crippen LogP contribution is -2.44. The van der Waals surface area contributed by atoms with Crippen LogP contribution in [0.4, 0.5) is 11.4 Å². The summed E-state index contributed by atoms with van der Waals surface area (Å²) in [6.45, 7) is 2.11. The van der Waals surface area contributed by atoms with Gasteiger partial charge in [0.1, 0.15) is 6.07 Å². The van der Waals surface area contributed by atoms with E-state index in [4.69, 9.17) is 5.26 Å². The van der Waals surface area contributed by atoms with Gasteiger partial charge in [-0.2, -0.15) is 5.26 Å². The summed E-state index contributed by atoms with van der Waals surface area (Å²) >= 11 is 0. The maximum atomic E-state index is 10.7. The van der Waals surface area contributed by atoms with Gasteiger partial charge >= 0.3 is 0 Å². The number of nitro benzene ring substituents is 1. The van der Waals surface area contributed by atoms with Crippen molar-refractivity contribution in [2.45, 2.75) is 38.1 Å². The molecule has 0 heterocycles. The summed E-state index contributed by atoms with van der Waals surface area (Å²) in [6, 6.07) is 6.41. The van der Waals surface area contributed by atoms with Gasteiger partial charge in [0.05, 0.1) is 16.2 Å². The molecule has 0 amide bonds. The Kier molecular flexibility index (Phi) is 3.19. The number of non-ortho nitro benzene ring substituents is 1. The van der Waals surface area contributed by atoms with Crippen molar-refractivity contribution in [3.05, 3.63) is 33.9 Å². The number of rotatable bonds is 4. The molecule has 0 bridgehead atoms. The van der Waals surface area contributed by atoms with Crippen molar-refractivity contribution in [3.63, 3.8) is 0 Å². The van der Waals surface area contributed by atoms with Crippen molar-refractivity contribution in [1.29, 1.82) is 5.26 Å². The van der Waals surface area contributed by atoms with Crippen molar-refractivity contribution in [3.8, 4) is 6.07 Å². The van der Waals surface area contributed by atoms with E-state index in [1.165, 1.54) is 18.6 Å². The lowest BCUT2D eigenvalue weighted by Gasteiger charge is -2.43. The second-order valence-corrected chi connectivity index (χ2v) is 4.71. The molecule has 18 heavy (non-hydrogen) atoms. The van der Waals surface area contributed by atoms with Crippen LogP contribution in [0.25, 0.3) is 0 Å². The average molecular weight is 245 g/mol. The molecular formula is C13H15N3O2. The van der Waals surface area contributed by atoms with Gasteiger partial charge in [0.15, 0.2) is 0 Å². The van der Waals surface area contributed by atoms with Gasteiger partial charge in [0, 0.05) is 17.7 Å². The fourth-order valence-electron chi connectivity index (χ4n) is 2.30. The molecule has 1 saturated carbocycles. The van der Waals surface area contributed by atoms with Crippen molar-refractivity contribution in [2.75, 3.05) is 5.32 Å². The monoisotopic (exact) mass is 245 g/mol. The molecule has 1 aromatic rings. The van der Waals surface area contributed by atoms with E-state index in [-0.39, 0.29) is 11.2 Å². The van der Waals surface area contributed by atoms with E-state index in [0.29, 0.717) is 11.3 Å². The number of nitriles is 1. The van der Waals surface area contributed by atoms with E-state index in [1.807, 2.05) is 6.07 Å². The molecule has 0 saturated heterocycles. The Hall–Kier alpha value is -2.09. The van der Waals surface area contributed by atoms with Crippen LogP contribution in [0, 0.1) is 21.4 Å². The minimum atomic E-state index is -0.483. The summed E-state index contributed by atoms with van der Waals surface area (Å²) in [6.07, 6.45) is 4.36. The molecule has 1 N–H and O–H groups in total. The molecule has 0 atom stereocenters. The molecular weight excluding hydrogens is 230 g/mol. The molecule has 1 aliphatic rings. The number of nitrogens with one attached hydrogen (secondary N) is 1. The van der Waals surface area contributed by atoms with Gasteiger partial charge < -0.3 is 5.32 Å². The van der Waals surface area contributed by atoms with E-state index in [1.54, 1.807) is 6.07 Å². The van der Waals surface area contributed by atoms with E-state index < -0.39 is 4.92 Å². The predicted molar refractivity (Wildman–Crippen MR) is 68.3 cm³/mol. The van der Waals surface area contributed by atoms with Gasteiger partial charge in [0.25, 0.3) is 5.69 Å². The lowest BCUT2D eigenvalue weighted by molar-refractivity contribution is -0.384. The first-order chi connectivity index (χ1) is 8.60. The highest BCUT2D eigenvalue weighted by Gasteiger charge is 2.35. The smallest absolute Gasteiger partial charge is 0.270 e. The van der Waals surface area contributed by atoms with Crippen molar-refractivity contribution < 1.29 is 4.92 Å². The fourth-order valence-corrected chi connectivity index (χ4v) is 2.30. The number of nitrogens with zero attached hydrogens (tertiary/aromatic N) is 2. The normalized spacial score (nSPS) is 16.4. The van der Waals surface area contributed by atoms with E-state index in [0.717, 1.165) is 19.3 Å². The first kappa shape index (κ1) is 12.4. The first-order valence-electron chi connectivity index (χ1n) is 6.07. The van der Waals surface area contributed by atoms with Gasteiger partial charge in [0.2, 0.25) is 0 Å². The molecule has 5 heteroatoms. The Morgan fingerprint density at radius 2 is 2.28 bits per heavy atom. The second-order valence-electron chi connectivity index (χ2n) is 4.71. The van der Waals surface area contributed by atoms with Crippen LogP contribution >= 0.6 is 0 Å². The van der Waals surface area contributed by atoms with Crippen LogP contribution in [0.5, 0.6) is 0 Å². The zero-order valence-electron chi connectivity index (χ0n) is 10.3. The summed E-state index contributed by atoms with van der Waals surface area (Å²) in [4.78, 5) is 10.2. The maximum absolute atomic E-state index is 10.7. The van der Waals surface area contributed by atoms with Crippen LogP contribution in [0.1, 0.15) is 38.2 Å². The molecule has 2 rings (SSSR count). The molecule has 0 spiro atoms. The van der Waals surface area contributed by atoms with E-state index >= 15 is 0 Å². The van der Waals surface area contributed by atoms with Crippen molar-refractivity contribution >= 4 is 11.4 Å². The molecule has 1 fully saturated rings. The number of hydrogen-bond donors (Lipinski definition) is 1. The lowest BCUT2D eigenvalue weighted by atomic mass is 9.74. The van der Waals surface area contributed by atoms with Crippen LogP contribution in [-0.4, -0.2) is 10.5 Å². The third kappa shape index (κ3) is 2.14. The molecule has 1 aromatic carbocycles. The molecule has 94 valence electrons. The van der Waals surface area contributed by atoms with Crippen LogP contribution in [0.2, 0.25) is 0 Å². The average Bonchev–Trinajstić information content (AvgIpc) is 2.33. The second kappa shape index (κ2) is 4.65.